The predicted molar refractivity (Wildman–Crippen MR) is 65.0 cm³/mol. The molecule has 1 heterocycles. The summed E-state index contributed by atoms with van der Waals surface area (Å²) in [5, 5.41) is 0.122. The maximum atomic E-state index is 13.5. The molecule has 0 unspecified atom stereocenters. The molecule has 1 aliphatic carbocycles. The first-order valence-corrected chi connectivity index (χ1v) is 5.90. The third-order valence-electron chi connectivity index (χ3n) is 3.24. The van der Waals surface area contributed by atoms with Gasteiger partial charge in [0.1, 0.15) is 5.82 Å². The van der Waals surface area contributed by atoms with E-state index in [-0.39, 0.29) is 10.6 Å². The lowest BCUT2D eigenvalue weighted by Gasteiger charge is -2.11. The van der Waals surface area contributed by atoms with Gasteiger partial charge in [0, 0.05) is 11.6 Å². The van der Waals surface area contributed by atoms with E-state index in [0.717, 1.165) is 23.9 Å². The fraction of sp³-hybridized carbons (Fsp3) is 0.364. The molecule has 1 aromatic carbocycles. The summed E-state index contributed by atoms with van der Waals surface area (Å²) < 4.78 is 16.1. The topological polar surface area (TPSA) is 20.7 Å². The molecule has 1 N–H and O–H groups in total. The van der Waals surface area contributed by atoms with Crippen molar-refractivity contribution in [2.75, 3.05) is 0 Å². The molecule has 84 valence electrons. The van der Waals surface area contributed by atoms with Gasteiger partial charge in [-0.25, -0.2) is 4.39 Å². The average Bonchev–Trinajstić information content (AvgIpc) is 2.84. The van der Waals surface area contributed by atoms with E-state index in [9.17, 15) is 4.39 Å². The Labute approximate surface area is 102 Å². The summed E-state index contributed by atoms with van der Waals surface area (Å²) in [6, 6.07) is 3.04. The van der Waals surface area contributed by atoms with Crippen LogP contribution in [0.1, 0.15) is 19.8 Å². The van der Waals surface area contributed by atoms with E-state index in [2.05, 4.69) is 11.9 Å². The molecule has 0 amide bonds. The van der Waals surface area contributed by atoms with Gasteiger partial charge >= 0.3 is 0 Å². The van der Waals surface area contributed by atoms with Gasteiger partial charge in [-0.05, 0) is 38.0 Å². The number of fused-ring (bicyclic) bond motifs is 1. The number of nitrogens with zero attached hydrogens (tertiary/aromatic N) is 1. The molecule has 1 aliphatic rings. The summed E-state index contributed by atoms with van der Waals surface area (Å²) in [4.78, 5) is 3.07. The quantitative estimate of drug-likeness (QED) is 0.765. The molecule has 1 aromatic heterocycles. The first kappa shape index (κ1) is 10.3. The number of H-pyrrole nitrogens is 1. The second kappa shape index (κ2) is 3.08. The molecule has 0 aliphatic heterocycles. The predicted octanol–water partition coefficient (Wildman–Crippen LogP) is 4.00. The van der Waals surface area contributed by atoms with E-state index >= 15 is 0 Å². The van der Waals surface area contributed by atoms with Gasteiger partial charge in [-0.1, -0.05) is 11.6 Å². The van der Waals surface area contributed by atoms with Gasteiger partial charge < -0.3 is 9.55 Å². The summed E-state index contributed by atoms with van der Waals surface area (Å²) in [5.41, 5.74) is 1.65. The molecule has 5 heteroatoms. The molecular formula is C11H10ClFN2S. The van der Waals surface area contributed by atoms with Crippen LogP contribution < -0.4 is 0 Å². The van der Waals surface area contributed by atoms with Gasteiger partial charge in [0.05, 0.1) is 16.1 Å². The Morgan fingerprint density at radius 2 is 2.19 bits per heavy atom. The number of benzene rings is 1. The van der Waals surface area contributed by atoms with Crippen molar-refractivity contribution in [1.29, 1.82) is 0 Å². The summed E-state index contributed by atoms with van der Waals surface area (Å²) in [7, 11) is 0. The van der Waals surface area contributed by atoms with E-state index in [1.54, 1.807) is 6.07 Å². The van der Waals surface area contributed by atoms with Crippen LogP contribution in [0.4, 0.5) is 4.39 Å². The summed E-state index contributed by atoms with van der Waals surface area (Å²) in [5.74, 6) is -0.402. The summed E-state index contributed by atoms with van der Waals surface area (Å²) in [6.07, 6.45) is 2.16. The van der Waals surface area contributed by atoms with Crippen molar-refractivity contribution in [1.82, 2.24) is 9.55 Å². The number of aromatic nitrogens is 2. The lowest BCUT2D eigenvalue weighted by atomic mass is 10.2. The van der Waals surface area contributed by atoms with Crippen LogP contribution in [0.15, 0.2) is 12.1 Å². The molecule has 0 atom stereocenters. The normalized spacial score (nSPS) is 17.9. The van der Waals surface area contributed by atoms with Crippen LogP contribution in [-0.2, 0) is 5.54 Å². The van der Waals surface area contributed by atoms with Gasteiger partial charge in [-0.3, -0.25) is 0 Å². The lowest BCUT2D eigenvalue weighted by Crippen LogP contribution is -2.11. The van der Waals surface area contributed by atoms with E-state index < -0.39 is 5.82 Å². The van der Waals surface area contributed by atoms with Crippen molar-refractivity contribution in [3.8, 4) is 0 Å². The molecule has 0 saturated heterocycles. The van der Waals surface area contributed by atoms with Crippen LogP contribution in [0.2, 0.25) is 5.02 Å². The number of rotatable bonds is 1. The van der Waals surface area contributed by atoms with Crippen LogP contribution in [0, 0.1) is 10.6 Å². The molecule has 16 heavy (non-hydrogen) atoms. The fourth-order valence-corrected chi connectivity index (χ4v) is 2.63. The fourth-order valence-electron chi connectivity index (χ4n) is 2.04. The Morgan fingerprint density at radius 1 is 1.50 bits per heavy atom. The van der Waals surface area contributed by atoms with Crippen LogP contribution in [0.25, 0.3) is 11.0 Å². The molecule has 0 radical (unpaired) electrons. The highest BCUT2D eigenvalue weighted by atomic mass is 35.5. The lowest BCUT2D eigenvalue weighted by molar-refractivity contribution is 0.540. The third kappa shape index (κ3) is 1.33. The number of imidazole rings is 1. The van der Waals surface area contributed by atoms with Gasteiger partial charge in [-0.15, -0.1) is 0 Å². The Kier molecular flexibility index (Phi) is 1.98. The first-order valence-electron chi connectivity index (χ1n) is 5.11. The average molecular weight is 257 g/mol. The van der Waals surface area contributed by atoms with E-state index in [4.69, 9.17) is 23.8 Å². The van der Waals surface area contributed by atoms with Crippen molar-refractivity contribution in [2.24, 2.45) is 0 Å². The van der Waals surface area contributed by atoms with Crippen molar-refractivity contribution < 1.29 is 4.39 Å². The Bertz CT molecular complexity index is 639. The number of aromatic amines is 1. The molecule has 0 bridgehead atoms. The standard InChI is InChI=1S/C11H10ClFN2S/c1-11(2-3-11)15-9-5-7(13)6(12)4-8(9)14-10(15)16/h4-5H,2-3H2,1H3,(H,14,16). The minimum absolute atomic E-state index is 0.0512. The van der Waals surface area contributed by atoms with E-state index in [1.807, 2.05) is 4.57 Å². The summed E-state index contributed by atoms with van der Waals surface area (Å²) >= 11 is 11.0. The maximum absolute atomic E-state index is 13.5. The zero-order chi connectivity index (χ0) is 11.5. The molecule has 2 nitrogen and oxygen atoms in total. The van der Waals surface area contributed by atoms with Gasteiger partial charge in [0.25, 0.3) is 0 Å². The Morgan fingerprint density at radius 3 is 2.81 bits per heavy atom. The molecule has 3 rings (SSSR count). The highest BCUT2D eigenvalue weighted by Gasteiger charge is 2.40. The van der Waals surface area contributed by atoms with Crippen molar-refractivity contribution >= 4 is 34.9 Å². The SMILES string of the molecule is CC1(n2c(=S)[nH]c3cc(Cl)c(F)cc32)CC1. The van der Waals surface area contributed by atoms with E-state index in [0.29, 0.717) is 4.77 Å². The van der Waals surface area contributed by atoms with Crippen molar-refractivity contribution in [3.05, 3.63) is 27.7 Å². The minimum Gasteiger partial charge on any atom is -0.331 e. The van der Waals surface area contributed by atoms with E-state index in [1.165, 1.54) is 6.07 Å². The zero-order valence-corrected chi connectivity index (χ0v) is 10.3. The zero-order valence-electron chi connectivity index (χ0n) is 8.68. The first-order chi connectivity index (χ1) is 7.51. The molecule has 0 spiro atoms. The molecular weight excluding hydrogens is 247 g/mol. The third-order valence-corrected chi connectivity index (χ3v) is 3.81. The van der Waals surface area contributed by atoms with Gasteiger partial charge in [0.2, 0.25) is 0 Å². The number of hydrogen-bond donors (Lipinski definition) is 1. The second-order valence-corrected chi connectivity index (χ2v) is 5.34. The minimum atomic E-state index is -0.402. The van der Waals surface area contributed by atoms with Crippen LogP contribution in [0.3, 0.4) is 0 Å². The summed E-state index contributed by atoms with van der Waals surface area (Å²) in [6.45, 7) is 2.13. The second-order valence-electron chi connectivity index (χ2n) is 4.55. The maximum Gasteiger partial charge on any atom is 0.178 e. The van der Waals surface area contributed by atoms with Crippen molar-refractivity contribution in [3.63, 3.8) is 0 Å². The Hall–Kier alpha value is -0.870. The van der Waals surface area contributed by atoms with Crippen LogP contribution in [-0.4, -0.2) is 9.55 Å². The molecule has 2 aromatic rings. The van der Waals surface area contributed by atoms with Crippen LogP contribution in [0.5, 0.6) is 0 Å². The number of halogens is 2. The molecule has 1 fully saturated rings. The van der Waals surface area contributed by atoms with Gasteiger partial charge in [0.15, 0.2) is 4.77 Å². The number of hydrogen-bond acceptors (Lipinski definition) is 1. The molecule has 1 saturated carbocycles. The monoisotopic (exact) mass is 256 g/mol. The highest BCUT2D eigenvalue weighted by molar-refractivity contribution is 7.71. The highest BCUT2D eigenvalue weighted by Crippen LogP contribution is 2.45. The van der Waals surface area contributed by atoms with Crippen LogP contribution >= 0.6 is 23.8 Å². The number of nitrogens with one attached hydrogen (secondary N) is 1. The Balaban J connectivity index is 2.40. The van der Waals surface area contributed by atoms with Gasteiger partial charge in [-0.2, -0.15) is 0 Å². The largest absolute Gasteiger partial charge is 0.331 e. The van der Waals surface area contributed by atoms with Crippen molar-refractivity contribution in [2.45, 2.75) is 25.3 Å². The smallest absolute Gasteiger partial charge is 0.178 e.